The van der Waals surface area contributed by atoms with Crippen molar-refractivity contribution in [1.29, 1.82) is 0 Å². The highest BCUT2D eigenvalue weighted by atomic mass is 16.4. The fourth-order valence-corrected chi connectivity index (χ4v) is 2.24. The summed E-state index contributed by atoms with van der Waals surface area (Å²) >= 11 is 0. The van der Waals surface area contributed by atoms with Gasteiger partial charge in [-0.25, -0.2) is 4.79 Å². The number of aliphatic hydroxyl groups is 1. The first kappa shape index (κ1) is 11.7. The molecular weight excluding hydrogens is 220 g/mol. The van der Waals surface area contributed by atoms with Crippen molar-refractivity contribution >= 4 is 17.3 Å². The van der Waals surface area contributed by atoms with Gasteiger partial charge in [0.05, 0.1) is 23.0 Å². The normalized spacial score (nSPS) is 20.3. The third-order valence-corrected chi connectivity index (χ3v) is 3.01. The molecule has 0 radical (unpaired) electrons. The van der Waals surface area contributed by atoms with Crippen LogP contribution in [0.1, 0.15) is 23.2 Å². The summed E-state index contributed by atoms with van der Waals surface area (Å²) in [5.41, 5.74) is 7.01. The number of rotatable bonds is 2. The van der Waals surface area contributed by atoms with Crippen molar-refractivity contribution in [3.8, 4) is 0 Å². The summed E-state index contributed by atoms with van der Waals surface area (Å²) in [5.74, 6) is -0.993. The number of para-hydroxylation sites is 1. The Morgan fingerprint density at radius 3 is 2.88 bits per heavy atom. The number of aromatic carboxylic acids is 1. The Hall–Kier alpha value is -1.75. The van der Waals surface area contributed by atoms with Crippen molar-refractivity contribution in [3.05, 3.63) is 23.8 Å². The maximum atomic E-state index is 11.2. The van der Waals surface area contributed by atoms with Crippen LogP contribution in [-0.2, 0) is 0 Å². The van der Waals surface area contributed by atoms with Gasteiger partial charge < -0.3 is 20.8 Å². The van der Waals surface area contributed by atoms with Gasteiger partial charge in [-0.15, -0.1) is 0 Å². The van der Waals surface area contributed by atoms with Crippen molar-refractivity contribution in [2.24, 2.45) is 0 Å². The number of hydrogen-bond donors (Lipinski definition) is 3. The molecule has 5 heteroatoms. The Bertz CT molecular complexity index is 434. The summed E-state index contributed by atoms with van der Waals surface area (Å²) in [6.07, 6.45) is 1.19. The summed E-state index contributed by atoms with van der Waals surface area (Å²) in [5, 5.41) is 18.8. The second-order valence-corrected chi connectivity index (χ2v) is 4.29. The number of hydrogen-bond acceptors (Lipinski definition) is 4. The van der Waals surface area contributed by atoms with Crippen LogP contribution in [0.2, 0.25) is 0 Å². The largest absolute Gasteiger partial charge is 0.478 e. The van der Waals surface area contributed by atoms with Crippen molar-refractivity contribution in [1.82, 2.24) is 0 Å². The number of anilines is 2. The molecule has 17 heavy (non-hydrogen) atoms. The lowest BCUT2D eigenvalue weighted by atomic mass is 10.0. The van der Waals surface area contributed by atoms with E-state index < -0.39 is 12.1 Å². The molecule has 0 aliphatic carbocycles. The van der Waals surface area contributed by atoms with Gasteiger partial charge in [0, 0.05) is 13.1 Å². The molecule has 1 aliphatic rings. The number of nitrogens with zero attached hydrogens (tertiary/aromatic N) is 1. The van der Waals surface area contributed by atoms with Crippen molar-refractivity contribution < 1.29 is 15.0 Å². The molecule has 1 aliphatic heterocycles. The number of carbonyl (C=O) groups is 1. The predicted octanol–water partition coefficient (Wildman–Crippen LogP) is 0.928. The van der Waals surface area contributed by atoms with Crippen LogP contribution in [0.4, 0.5) is 11.4 Å². The number of β-amino-alcohol motifs (C(OH)–C–C–N with tert-alkyl or cyclic N) is 1. The molecule has 2 rings (SSSR count). The maximum absolute atomic E-state index is 11.2. The van der Waals surface area contributed by atoms with Gasteiger partial charge in [-0.1, -0.05) is 6.07 Å². The van der Waals surface area contributed by atoms with Crippen molar-refractivity contribution in [2.75, 3.05) is 23.7 Å². The topological polar surface area (TPSA) is 86.8 Å². The van der Waals surface area contributed by atoms with E-state index in [0.717, 1.165) is 19.4 Å². The average molecular weight is 236 g/mol. The van der Waals surface area contributed by atoms with Gasteiger partial charge in [0.25, 0.3) is 0 Å². The van der Waals surface area contributed by atoms with Gasteiger partial charge in [-0.2, -0.15) is 0 Å². The molecule has 0 amide bonds. The lowest BCUT2D eigenvalue weighted by Crippen LogP contribution is -2.39. The number of carboxylic acids is 1. The highest BCUT2D eigenvalue weighted by Crippen LogP contribution is 2.30. The molecule has 5 nitrogen and oxygen atoms in total. The molecule has 4 N–H and O–H groups in total. The number of carboxylic acid groups (broad SMARTS) is 1. The van der Waals surface area contributed by atoms with E-state index in [1.54, 1.807) is 12.1 Å². The van der Waals surface area contributed by atoms with Gasteiger partial charge >= 0.3 is 5.97 Å². The minimum Gasteiger partial charge on any atom is -0.478 e. The predicted molar refractivity (Wildman–Crippen MR) is 65.3 cm³/mol. The zero-order chi connectivity index (χ0) is 12.4. The summed E-state index contributed by atoms with van der Waals surface area (Å²) in [4.78, 5) is 13.0. The zero-order valence-corrected chi connectivity index (χ0v) is 9.47. The summed E-state index contributed by atoms with van der Waals surface area (Å²) in [6.45, 7) is 1.17. The molecule has 1 aromatic carbocycles. The average Bonchev–Trinajstić information content (AvgIpc) is 2.28. The minimum absolute atomic E-state index is 0.194. The smallest absolute Gasteiger partial charge is 0.337 e. The van der Waals surface area contributed by atoms with E-state index in [9.17, 15) is 9.90 Å². The molecule has 1 unspecified atom stereocenters. The lowest BCUT2D eigenvalue weighted by molar-refractivity contribution is 0.0697. The fourth-order valence-electron chi connectivity index (χ4n) is 2.24. The SMILES string of the molecule is Nc1cccc(C(=O)O)c1N1CCCC(O)C1. The van der Waals surface area contributed by atoms with E-state index >= 15 is 0 Å². The molecular formula is C12H16N2O3. The van der Waals surface area contributed by atoms with Crippen LogP contribution in [0.15, 0.2) is 18.2 Å². The van der Waals surface area contributed by atoms with E-state index in [2.05, 4.69) is 0 Å². The Balaban J connectivity index is 2.39. The van der Waals surface area contributed by atoms with Crippen LogP contribution in [0.3, 0.4) is 0 Å². The van der Waals surface area contributed by atoms with Crippen LogP contribution in [0.25, 0.3) is 0 Å². The van der Waals surface area contributed by atoms with Gasteiger partial charge in [-0.05, 0) is 25.0 Å². The molecule has 0 bridgehead atoms. The first-order valence-corrected chi connectivity index (χ1v) is 5.64. The number of benzene rings is 1. The van der Waals surface area contributed by atoms with Crippen LogP contribution >= 0.6 is 0 Å². The quantitative estimate of drug-likeness (QED) is 0.665. The molecule has 1 fully saturated rings. The second-order valence-electron chi connectivity index (χ2n) is 4.29. The third kappa shape index (κ3) is 2.34. The van der Waals surface area contributed by atoms with Gasteiger partial charge in [-0.3, -0.25) is 0 Å². The molecule has 1 atom stereocenters. The molecule has 92 valence electrons. The summed E-state index contributed by atoms with van der Waals surface area (Å²) in [7, 11) is 0. The Morgan fingerprint density at radius 2 is 2.24 bits per heavy atom. The lowest BCUT2D eigenvalue weighted by Gasteiger charge is -2.33. The van der Waals surface area contributed by atoms with E-state index in [4.69, 9.17) is 10.8 Å². The van der Waals surface area contributed by atoms with Gasteiger partial charge in [0.15, 0.2) is 0 Å². The van der Waals surface area contributed by atoms with E-state index in [1.165, 1.54) is 6.07 Å². The highest BCUT2D eigenvalue weighted by Gasteiger charge is 2.23. The molecule has 0 saturated carbocycles. The maximum Gasteiger partial charge on any atom is 0.337 e. The summed E-state index contributed by atoms with van der Waals surface area (Å²) < 4.78 is 0. The highest BCUT2D eigenvalue weighted by molar-refractivity contribution is 5.98. The second kappa shape index (κ2) is 4.63. The first-order chi connectivity index (χ1) is 8.09. The monoisotopic (exact) mass is 236 g/mol. The Labute approximate surface area is 99.5 Å². The van der Waals surface area contributed by atoms with Gasteiger partial charge in [0.1, 0.15) is 0 Å². The zero-order valence-electron chi connectivity index (χ0n) is 9.47. The van der Waals surface area contributed by atoms with Gasteiger partial charge in [0.2, 0.25) is 0 Å². The standard InChI is InChI=1S/C12H16N2O3/c13-10-5-1-4-9(12(16)17)11(10)14-6-2-3-8(15)7-14/h1,4-5,8,15H,2-3,6-7,13H2,(H,16,17). The van der Waals surface area contributed by atoms with Crippen LogP contribution in [0, 0.1) is 0 Å². The van der Waals surface area contributed by atoms with Crippen LogP contribution in [0.5, 0.6) is 0 Å². The fraction of sp³-hybridized carbons (Fsp3) is 0.417. The Morgan fingerprint density at radius 1 is 1.47 bits per heavy atom. The molecule has 0 aromatic heterocycles. The van der Waals surface area contributed by atoms with E-state index in [-0.39, 0.29) is 5.56 Å². The van der Waals surface area contributed by atoms with E-state index in [1.807, 2.05) is 4.90 Å². The molecule has 0 spiro atoms. The molecule has 1 heterocycles. The molecule has 1 aromatic rings. The van der Waals surface area contributed by atoms with Crippen molar-refractivity contribution in [2.45, 2.75) is 18.9 Å². The third-order valence-electron chi connectivity index (χ3n) is 3.01. The molecule has 1 saturated heterocycles. The minimum atomic E-state index is -0.993. The number of aliphatic hydroxyl groups excluding tert-OH is 1. The number of nitrogens with two attached hydrogens (primary N) is 1. The van der Waals surface area contributed by atoms with E-state index in [0.29, 0.717) is 17.9 Å². The Kier molecular flexibility index (Phi) is 3.19. The van der Waals surface area contributed by atoms with Crippen LogP contribution < -0.4 is 10.6 Å². The number of nitrogen functional groups attached to an aromatic ring is 1. The van der Waals surface area contributed by atoms with Crippen molar-refractivity contribution in [3.63, 3.8) is 0 Å². The first-order valence-electron chi connectivity index (χ1n) is 5.64. The number of piperidine rings is 1. The summed E-state index contributed by atoms with van der Waals surface area (Å²) in [6, 6.07) is 4.85. The van der Waals surface area contributed by atoms with Crippen LogP contribution in [-0.4, -0.2) is 35.4 Å².